The summed E-state index contributed by atoms with van der Waals surface area (Å²) in [5.41, 5.74) is 16.3. The number of nitrogens with zero attached hydrogens (tertiary/aromatic N) is 2. The third-order valence-corrected chi connectivity index (χ3v) is 11.6. The van der Waals surface area contributed by atoms with Crippen molar-refractivity contribution in [3.05, 3.63) is 229 Å². The minimum Gasteiger partial charge on any atom is -0.265 e. The first-order chi connectivity index (χ1) is 27.3. The summed E-state index contributed by atoms with van der Waals surface area (Å²) in [7, 11) is 0. The topological polar surface area (TPSA) is 25.8 Å². The van der Waals surface area contributed by atoms with Gasteiger partial charge in [0.25, 0.3) is 0 Å². The highest BCUT2D eigenvalue weighted by Crippen LogP contribution is 2.57. The molecule has 1 aliphatic carbocycles. The van der Waals surface area contributed by atoms with E-state index in [1.54, 1.807) is 0 Å². The third kappa shape index (κ3) is 4.89. The molecule has 0 saturated heterocycles. The molecule has 0 bridgehead atoms. The number of pyridine rings is 2. The zero-order valence-electron chi connectivity index (χ0n) is 30.0. The van der Waals surface area contributed by atoms with Crippen molar-refractivity contribution < 1.29 is 0 Å². The maximum absolute atomic E-state index is 5.11. The van der Waals surface area contributed by atoms with Gasteiger partial charge in [-0.05, 0) is 115 Å². The lowest BCUT2D eigenvalue weighted by Crippen LogP contribution is -2.28. The fraction of sp³-hybridized carbons (Fsp3) is 0.0189. The molecule has 0 radical (unpaired) electrons. The summed E-state index contributed by atoms with van der Waals surface area (Å²) in [5.74, 6) is 0. The highest BCUT2D eigenvalue weighted by molar-refractivity contribution is 6.14. The van der Waals surface area contributed by atoms with E-state index >= 15 is 0 Å². The van der Waals surface area contributed by atoms with Crippen molar-refractivity contribution in [2.24, 2.45) is 0 Å². The number of hydrogen-bond donors (Lipinski definition) is 0. The minimum atomic E-state index is -0.506. The van der Waals surface area contributed by atoms with Gasteiger partial charge in [0.1, 0.15) is 0 Å². The lowest BCUT2D eigenvalue weighted by Gasteiger charge is -2.34. The summed E-state index contributed by atoms with van der Waals surface area (Å²) in [6, 6.07) is 71.1. The molecule has 0 N–H and O–H groups in total. The van der Waals surface area contributed by atoms with Crippen molar-refractivity contribution in [2.75, 3.05) is 0 Å². The normalized spacial score (nSPS) is 12.9. The van der Waals surface area contributed by atoms with Crippen molar-refractivity contribution in [2.45, 2.75) is 5.41 Å². The second kappa shape index (κ2) is 12.5. The molecular formula is C53H34N2. The quantitative estimate of drug-likeness (QED) is 0.132. The zero-order valence-corrected chi connectivity index (χ0v) is 30.0. The Bertz CT molecular complexity index is 3020. The fourth-order valence-corrected chi connectivity index (χ4v) is 9.09. The highest BCUT2D eigenvalue weighted by Gasteiger charge is 2.46. The maximum Gasteiger partial charge on any atom is 0.0788 e. The van der Waals surface area contributed by atoms with Crippen LogP contribution in [0.5, 0.6) is 0 Å². The van der Waals surface area contributed by atoms with Gasteiger partial charge in [0.05, 0.1) is 16.4 Å². The zero-order chi connectivity index (χ0) is 36.3. The van der Waals surface area contributed by atoms with E-state index in [0.717, 1.165) is 27.4 Å². The first-order valence-electron chi connectivity index (χ1n) is 18.9. The molecule has 1 aliphatic rings. The predicted molar refractivity (Wildman–Crippen MR) is 228 cm³/mol. The molecule has 2 aromatic heterocycles. The highest BCUT2D eigenvalue weighted by atomic mass is 14.7. The van der Waals surface area contributed by atoms with Crippen LogP contribution in [0.3, 0.4) is 0 Å². The second-order valence-electron chi connectivity index (χ2n) is 14.5. The lowest BCUT2D eigenvalue weighted by molar-refractivity contribution is 0.769. The Hall–Kier alpha value is -7.16. The smallest absolute Gasteiger partial charge is 0.0788 e. The Morgan fingerprint density at radius 1 is 0.345 bits per heavy atom. The summed E-state index contributed by atoms with van der Waals surface area (Å²) in [6.07, 6.45) is 3.75. The average molecular weight is 699 g/mol. The molecule has 10 aromatic rings. The van der Waals surface area contributed by atoms with Gasteiger partial charge in [-0.2, -0.15) is 0 Å². The molecule has 0 aliphatic heterocycles. The van der Waals surface area contributed by atoms with Crippen molar-refractivity contribution in [1.82, 2.24) is 9.97 Å². The largest absolute Gasteiger partial charge is 0.265 e. The van der Waals surface area contributed by atoms with Gasteiger partial charge in [-0.25, -0.2) is 4.98 Å². The van der Waals surface area contributed by atoms with Crippen molar-refractivity contribution >= 4 is 32.6 Å². The van der Waals surface area contributed by atoms with E-state index in [-0.39, 0.29) is 0 Å². The molecule has 0 amide bonds. The predicted octanol–water partition coefficient (Wildman–Crippen LogP) is 13.3. The van der Waals surface area contributed by atoms with Crippen molar-refractivity contribution in [1.29, 1.82) is 0 Å². The van der Waals surface area contributed by atoms with Gasteiger partial charge in [-0.3, -0.25) is 4.98 Å². The first kappa shape index (κ1) is 31.4. The fourth-order valence-electron chi connectivity index (χ4n) is 9.09. The van der Waals surface area contributed by atoms with Crippen LogP contribution in [0.15, 0.2) is 207 Å². The molecule has 11 rings (SSSR count). The maximum atomic E-state index is 5.11. The molecule has 2 heterocycles. The molecule has 0 spiro atoms. The summed E-state index contributed by atoms with van der Waals surface area (Å²) < 4.78 is 0. The molecule has 256 valence electrons. The van der Waals surface area contributed by atoms with Crippen LogP contribution < -0.4 is 0 Å². The van der Waals surface area contributed by atoms with Crippen LogP contribution in [0.1, 0.15) is 22.3 Å². The van der Waals surface area contributed by atoms with Gasteiger partial charge in [-0.15, -0.1) is 0 Å². The summed E-state index contributed by atoms with van der Waals surface area (Å²) in [6.45, 7) is 0. The number of aromatic nitrogens is 2. The van der Waals surface area contributed by atoms with Crippen LogP contribution in [0, 0.1) is 0 Å². The molecule has 0 saturated carbocycles. The molecule has 0 fully saturated rings. The lowest BCUT2D eigenvalue weighted by atomic mass is 9.67. The number of para-hydroxylation sites is 1. The van der Waals surface area contributed by atoms with E-state index in [1.807, 2.05) is 12.4 Å². The Balaban J connectivity index is 1.08. The van der Waals surface area contributed by atoms with Gasteiger partial charge in [0.15, 0.2) is 0 Å². The summed E-state index contributed by atoms with van der Waals surface area (Å²) in [4.78, 5) is 9.40. The second-order valence-corrected chi connectivity index (χ2v) is 14.5. The third-order valence-electron chi connectivity index (χ3n) is 11.6. The van der Waals surface area contributed by atoms with E-state index in [9.17, 15) is 0 Å². The SMILES string of the molecule is c1ccc(C2(c3ccccc3)c3cc(-c4ccncc4)ccc3-c3ccc(-c4ccc(-c5cc6cc7ccccc7nc6c6ccccc56)cc4)cc32)cc1. The Kier molecular flexibility index (Phi) is 7.11. The van der Waals surface area contributed by atoms with Crippen LogP contribution in [-0.4, -0.2) is 9.97 Å². The van der Waals surface area contributed by atoms with E-state index in [2.05, 4.69) is 199 Å². The number of benzene rings is 8. The molecule has 55 heavy (non-hydrogen) atoms. The van der Waals surface area contributed by atoms with Gasteiger partial charge in [0.2, 0.25) is 0 Å². The summed E-state index contributed by atoms with van der Waals surface area (Å²) in [5, 5.41) is 4.69. The molecule has 2 heteroatoms. The van der Waals surface area contributed by atoms with E-state index in [0.29, 0.717) is 0 Å². The van der Waals surface area contributed by atoms with E-state index < -0.39 is 5.41 Å². The van der Waals surface area contributed by atoms with Gasteiger partial charge < -0.3 is 0 Å². The monoisotopic (exact) mass is 698 g/mol. The van der Waals surface area contributed by atoms with E-state index in [1.165, 1.54) is 72.0 Å². The molecular weight excluding hydrogens is 665 g/mol. The standard InChI is InChI=1S/C53H34N2/c1-3-12-42(13-4-1)53(43-14-5-2-6-15-43)49-33-38(23-25-45(49)46-26-24-39(34-50(46)53)36-27-29-54-30-28-36)35-19-21-37(22-20-35)48-32-41-31-40-11-7-10-18-51(40)55-52(41)47-17-9-8-16-44(47)48/h1-34H. The number of rotatable bonds is 5. The Labute approximate surface area is 320 Å². The van der Waals surface area contributed by atoms with Crippen LogP contribution in [-0.2, 0) is 5.41 Å². The van der Waals surface area contributed by atoms with Crippen molar-refractivity contribution in [3.63, 3.8) is 0 Å². The Morgan fingerprint density at radius 2 is 0.873 bits per heavy atom. The number of fused-ring (bicyclic) bond motifs is 7. The molecule has 0 unspecified atom stereocenters. The van der Waals surface area contributed by atoms with Crippen LogP contribution in [0.2, 0.25) is 0 Å². The first-order valence-corrected chi connectivity index (χ1v) is 18.9. The van der Waals surface area contributed by atoms with Crippen LogP contribution in [0.25, 0.3) is 77.1 Å². The van der Waals surface area contributed by atoms with Gasteiger partial charge in [0, 0.05) is 28.6 Å². The number of hydrogen-bond acceptors (Lipinski definition) is 2. The van der Waals surface area contributed by atoms with Gasteiger partial charge >= 0.3 is 0 Å². The summed E-state index contributed by atoms with van der Waals surface area (Å²) >= 11 is 0. The average Bonchev–Trinajstić information content (AvgIpc) is 3.56. The van der Waals surface area contributed by atoms with Gasteiger partial charge in [-0.1, -0.05) is 152 Å². The Morgan fingerprint density at radius 3 is 1.53 bits per heavy atom. The van der Waals surface area contributed by atoms with Crippen molar-refractivity contribution in [3.8, 4) is 44.5 Å². The van der Waals surface area contributed by atoms with E-state index in [4.69, 9.17) is 4.98 Å². The molecule has 8 aromatic carbocycles. The van der Waals surface area contributed by atoms with Crippen LogP contribution in [0.4, 0.5) is 0 Å². The molecule has 2 nitrogen and oxygen atoms in total. The minimum absolute atomic E-state index is 0.506. The molecule has 0 atom stereocenters. The van der Waals surface area contributed by atoms with Crippen LogP contribution >= 0.6 is 0 Å².